The summed E-state index contributed by atoms with van der Waals surface area (Å²) in [5, 5.41) is 1.09. The van der Waals surface area contributed by atoms with Crippen LogP contribution in [0.2, 0.25) is 10.0 Å². The molecule has 1 fully saturated rings. The van der Waals surface area contributed by atoms with Gasteiger partial charge < -0.3 is 10.6 Å². The number of benzene rings is 1. The third-order valence-corrected chi connectivity index (χ3v) is 4.73. The number of halogens is 2. The summed E-state index contributed by atoms with van der Waals surface area (Å²) in [6.45, 7) is 2.81. The summed E-state index contributed by atoms with van der Waals surface area (Å²) >= 11 is 12.1. The first-order valence-electron chi connectivity index (χ1n) is 6.97. The summed E-state index contributed by atoms with van der Waals surface area (Å²) in [5.74, 6) is 0.167. The molecule has 0 spiro atoms. The molecule has 0 radical (unpaired) electrons. The maximum Gasteiger partial charge on any atom is 0.223 e. The van der Waals surface area contributed by atoms with Crippen molar-refractivity contribution in [2.45, 2.75) is 44.7 Å². The van der Waals surface area contributed by atoms with Crippen LogP contribution in [0.15, 0.2) is 18.2 Å². The Bertz CT molecular complexity index is 493. The van der Waals surface area contributed by atoms with Gasteiger partial charge in [-0.15, -0.1) is 0 Å². The fourth-order valence-electron chi connectivity index (χ4n) is 2.71. The molecule has 5 heteroatoms. The number of hydrogen-bond acceptors (Lipinski definition) is 2. The second kappa shape index (κ2) is 6.79. The van der Waals surface area contributed by atoms with Crippen LogP contribution in [0.25, 0.3) is 0 Å². The van der Waals surface area contributed by atoms with Gasteiger partial charge in [-0.1, -0.05) is 35.3 Å². The predicted molar refractivity (Wildman–Crippen MR) is 83.2 cm³/mol. The number of carbonyl (C=O) groups is 1. The number of likely N-dealkylation sites (tertiary alicyclic amines) is 1. The molecule has 1 aromatic rings. The van der Waals surface area contributed by atoms with Crippen LogP contribution in [0.1, 0.15) is 31.7 Å². The van der Waals surface area contributed by atoms with Crippen LogP contribution in [0.3, 0.4) is 0 Å². The molecule has 3 nitrogen and oxygen atoms in total. The first-order valence-corrected chi connectivity index (χ1v) is 7.72. The molecule has 1 aromatic carbocycles. The van der Waals surface area contributed by atoms with Gasteiger partial charge in [0, 0.05) is 25.0 Å². The third kappa shape index (κ3) is 3.66. The van der Waals surface area contributed by atoms with Crippen LogP contribution in [0, 0.1) is 0 Å². The molecule has 0 saturated carbocycles. The lowest BCUT2D eigenvalue weighted by Crippen LogP contribution is -2.48. The average Bonchev–Trinajstić information content (AvgIpc) is 2.40. The van der Waals surface area contributed by atoms with E-state index in [1.54, 1.807) is 6.07 Å². The van der Waals surface area contributed by atoms with Gasteiger partial charge in [-0.3, -0.25) is 4.79 Å². The van der Waals surface area contributed by atoms with Crippen molar-refractivity contribution in [2.75, 3.05) is 6.54 Å². The zero-order chi connectivity index (χ0) is 14.7. The molecule has 20 heavy (non-hydrogen) atoms. The average molecular weight is 315 g/mol. The van der Waals surface area contributed by atoms with Crippen LogP contribution in [0.4, 0.5) is 0 Å². The molecule has 2 unspecified atom stereocenters. The number of hydrogen-bond donors (Lipinski definition) is 1. The van der Waals surface area contributed by atoms with Crippen LogP contribution < -0.4 is 5.73 Å². The van der Waals surface area contributed by atoms with Crippen LogP contribution >= 0.6 is 23.2 Å². The van der Waals surface area contributed by atoms with Crippen LogP contribution in [-0.2, 0) is 11.2 Å². The highest BCUT2D eigenvalue weighted by Gasteiger charge is 2.26. The van der Waals surface area contributed by atoms with E-state index in [2.05, 4.69) is 6.92 Å². The lowest BCUT2D eigenvalue weighted by Gasteiger charge is -2.36. The molecule has 1 saturated heterocycles. The predicted octanol–water partition coefficient (Wildman–Crippen LogP) is 3.26. The Balaban J connectivity index is 1.93. The molecule has 1 amide bonds. The SMILES string of the molecule is CC1CC(N)CCN1C(=O)CCc1cccc(Cl)c1Cl. The second-order valence-electron chi connectivity index (χ2n) is 5.43. The van der Waals surface area contributed by atoms with Crippen molar-refractivity contribution >= 4 is 29.1 Å². The molecular weight excluding hydrogens is 295 g/mol. The standard InChI is InChI=1S/C15H20Cl2N2O/c1-10-9-12(18)7-8-19(10)14(20)6-5-11-3-2-4-13(16)15(11)17/h2-4,10,12H,5-9,18H2,1H3. The Morgan fingerprint density at radius 2 is 2.20 bits per heavy atom. The Hall–Kier alpha value is -0.770. The fraction of sp³-hybridized carbons (Fsp3) is 0.533. The van der Waals surface area contributed by atoms with E-state index < -0.39 is 0 Å². The van der Waals surface area contributed by atoms with Crippen LogP contribution in [-0.4, -0.2) is 29.4 Å². The topological polar surface area (TPSA) is 46.3 Å². The zero-order valence-corrected chi connectivity index (χ0v) is 13.1. The highest BCUT2D eigenvalue weighted by molar-refractivity contribution is 6.42. The summed E-state index contributed by atoms with van der Waals surface area (Å²) in [4.78, 5) is 14.2. The minimum absolute atomic E-state index is 0.167. The summed E-state index contributed by atoms with van der Waals surface area (Å²) in [7, 11) is 0. The van der Waals surface area contributed by atoms with Crippen molar-refractivity contribution in [3.63, 3.8) is 0 Å². The van der Waals surface area contributed by atoms with E-state index in [-0.39, 0.29) is 18.0 Å². The van der Waals surface area contributed by atoms with E-state index in [9.17, 15) is 4.79 Å². The molecular formula is C15H20Cl2N2O. The summed E-state index contributed by atoms with van der Waals surface area (Å²) in [5.41, 5.74) is 6.84. The smallest absolute Gasteiger partial charge is 0.223 e. The Morgan fingerprint density at radius 1 is 1.45 bits per heavy atom. The number of nitrogens with two attached hydrogens (primary N) is 1. The van der Waals surface area contributed by atoms with Gasteiger partial charge in [-0.25, -0.2) is 0 Å². The molecule has 0 bridgehead atoms. The minimum atomic E-state index is 0.167. The Kier molecular flexibility index (Phi) is 5.30. The van der Waals surface area contributed by atoms with Crippen molar-refractivity contribution in [1.29, 1.82) is 0 Å². The van der Waals surface area contributed by atoms with Crippen molar-refractivity contribution < 1.29 is 4.79 Å². The van der Waals surface area contributed by atoms with Gasteiger partial charge >= 0.3 is 0 Å². The van der Waals surface area contributed by atoms with E-state index in [1.165, 1.54) is 0 Å². The molecule has 2 N–H and O–H groups in total. The largest absolute Gasteiger partial charge is 0.340 e. The van der Waals surface area contributed by atoms with Gasteiger partial charge in [0.25, 0.3) is 0 Å². The van der Waals surface area contributed by atoms with Gasteiger partial charge in [0.15, 0.2) is 0 Å². The van der Waals surface area contributed by atoms with Gasteiger partial charge in [0.2, 0.25) is 5.91 Å². The van der Waals surface area contributed by atoms with E-state index >= 15 is 0 Å². The Morgan fingerprint density at radius 3 is 2.90 bits per heavy atom. The van der Waals surface area contributed by atoms with E-state index in [1.807, 2.05) is 17.0 Å². The highest BCUT2D eigenvalue weighted by atomic mass is 35.5. The lowest BCUT2D eigenvalue weighted by atomic mass is 9.98. The lowest BCUT2D eigenvalue weighted by molar-refractivity contribution is -0.134. The normalized spacial score (nSPS) is 22.9. The molecule has 1 heterocycles. The number of carbonyl (C=O) groups excluding carboxylic acids is 1. The number of amides is 1. The summed E-state index contributed by atoms with van der Waals surface area (Å²) in [6.07, 6.45) is 2.84. The van der Waals surface area contributed by atoms with Crippen molar-refractivity contribution in [3.8, 4) is 0 Å². The quantitative estimate of drug-likeness (QED) is 0.930. The first-order chi connectivity index (χ1) is 9.49. The van der Waals surface area contributed by atoms with Crippen molar-refractivity contribution in [1.82, 2.24) is 4.90 Å². The van der Waals surface area contributed by atoms with E-state index in [4.69, 9.17) is 28.9 Å². The second-order valence-corrected chi connectivity index (χ2v) is 6.22. The molecule has 0 aliphatic carbocycles. The Labute approximate surface area is 130 Å². The molecule has 0 aromatic heterocycles. The monoisotopic (exact) mass is 314 g/mol. The molecule has 2 atom stereocenters. The van der Waals surface area contributed by atoms with Gasteiger partial charge in [-0.05, 0) is 37.8 Å². The van der Waals surface area contributed by atoms with Gasteiger partial charge in [-0.2, -0.15) is 0 Å². The van der Waals surface area contributed by atoms with Crippen molar-refractivity contribution in [2.24, 2.45) is 5.73 Å². The van der Waals surface area contributed by atoms with Gasteiger partial charge in [0.05, 0.1) is 10.0 Å². The number of nitrogens with zero attached hydrogens (tertiary/aromatic N) is 1. The fourth-order valence-corrected chi connectivity index (χ4v) is 3.12. The molecule has 1 aliphatic heterocycles. The highest BCUT2D eigenvalue weighted by Crippen LogP contribution is 2.27. The molecule has 110 valence electrons. The summed E-state index contributed by atoms with van der Waals surface area (Å²) < 4.78 is 0. The minimum Gasteiger partial charge on any atom is -0.340 e. The van der Waals surface area contributed by atoms with Crippen molar-refractivity contribution in [3.05, 3.63) is 33.8 Å². The molecule has 1 aliphatic rings. The van der Waals surface area contributed by atoms with E-state index in [0.717, 1.165) is 24.9 Å². The van der Waals surface area contributed by atoms with E-state index in [0.29, 0.717) is 22.9 Å². The third-order valence-electron chi connectivity index (χ3n) is 3.88. The number of rotatable bonds is 3. The number of aryl methyl sites for hydroxylation is 1. The summed E-state index contributed by atoms with van der Waals surface area (Å²) in [6, 6.07) is 5.97. The maximum absolute atomic E-state index is 12.3. The first kappa shape index (κ1) is 15.6. The van der Waals surface area contributed by atoms with Crippen LogP contribution in [0.5, 0.6) is 0 Å². The maximum atomic E-state index is 12.3. The number of piperidine rings is 1. The molecule has 2 rings (SSSR count). The zero-order valence-electron chi connectivity index (χ0n) is 11.6. The van der Waals surface area contributed by atoms with Gasteiger partial charge in [0.1, 0.15) is 0 Å².